The van der Waals surface area contributed by atoms with E-state index in [1.807, 2.05) is 0 Å². The SMILES string of the molecule is COCC(O)CCCBr. The molecule has 56 valence electrons. The molecule has 0 amide bonds. The van der Waals surface area contributed by atoms with Crippen LogP contribution in [-0.4, -0.2) is 30.3 Å². The van der Waals surface area contributed by atoms with E-state index in [1.54, 1.807) is 7.11 Å². The zero-order valence-corrected chi connectivity index (χ0v) is 7.23. The minimum absolute atomic E-state index is 0.285. The molecule has 0 bridgehead atoms. The van der Waals surface area contributed by atoms with Crippen molar-refractivity contribution >= 4 is 15.9 Å². The molecule has 0 aliphatic heterocycles. The van der Waals surface area contributed by atoms with Gasteiger partial charge in [0.2, 0.25) is 0 Å². The third kappa shape index (κ3) is 6.28. The molecule has 0 radical (unpaired) electrons. The van der Waals surface area contributed by atoms with Gasteiger partial charge < -0.3 is 9.84 Å². The van der Waals surface area contributed by atoms with Gasteiger partial charge in [0.1, 0.15) is 0 Å². The van der Waals surface area contributed by atoms with Gasteiger partial charge in [-0.2, -0.15) is 0 Å². The van der Waals surface area contributed by atoms with Gasteiger partial charge in [-0.3, -0.25) is 0 Å². The summed E-state index contributed by atoms with van der Waals surface area (Å²) in [5, 5.41) is 9.99. The fourth-order valence-corrected chi connectivity index (χ4v) is 0.912. The zero-order valence-electron chi connectivity index (χ0n) is 5.64. The van der Waals surface area contributed by atoms with Crippen molar-refractivity contribution in [3.63, 3.8) is 0 Å². The molecule has 0 aromatic heterocycles. The van der Waals surface area contributed by atoms with Crippen molar-refractivity contribution in [2.75, 3.05) is 19.0 Å². The summed E-state index contributed by atoms with van der Waals surface area (Å²) in [5.74, 6) is 0. The fourth-order valence-electron chi connectivity index (χ4n) is 0.588. The van der Waals surface area contributed by atoms with E-state index in [4.69, 9.17) is 9.84 Å². The minimum Gasteiger partial charge on any atom is -0.391 e. The summed E-state index contributed by atoms with van der Waals surface area (Å²) < 4.78 is 4.74. The molecule has 0 heterocycles. The van der Waals surface area contributed by atoms with Gasteiger partial charge in [0.25, 0.3) is 0 Å². The quantitative estimate of drug-likeness (QED) is 0.670. The van der Waals surface area contributed by atoms with Crippen molar-refractivity contribution in [3.8, 4) is 0 Å². The third-order valence-corrected chi connectivity index (χ3v) is 1.59. The Hall–Kier alpha value is 0.400. The average molecular weight is 197 g/mol. The van der Waals surface area contributed by atoms with Crippen LogP contribution in [0.5, 0.6) is 0 Å². The maximum absolute atomic E-state index is 9.03. The molecule has 0 aliphatic carbocycles. The molecule has 0 aromatic carbocycles. The Kier molecular flexibility index (Phi) is 6.81. The van der Waals surface area contributed by atoms with Crippen LogP contribution in [0.3, 0.4) is 0 Å². The monoisotopic (exact) mass is 196 g/mol. The second kappa shape index (κ2) is 6.52. The molecule has 0 saturated carbocycles. The molecule has 0 aromatic rings. The third-order valence-electron chi connectivity index (χ3n) is 1.03. The zero-order chi connectivity index (χ0) is 7.11. The Morgan fingerprint density at radius 3 is 2.78 bits per heavy atom. The van der Waals surface area contributed by atoms with E-state index in [0.717, 1.165) is 18.2 Å². The van der Waals surface area contributed by atoms with E-state index >= 15 is 0 Å². The van der Waals surface area contributed by atoms with Gasteiger partial charge >= 0.3 is 0 Å². The second-order valence-corrected chi connectivity index (χ2v) is 2.73. The molecule has 0 saturated heterocycles. The van der Waals surface area contributed by atoms with Gasteiger partial charge in [0.05, 0.1) is 12.7 Å². The number of hydrogen-bond acceptors (Lipinski definition) is 2. The molecule has 1 unspecified atom stereocenters. The molecule has 9 heavy (non-hydrogen) atoms. The lowest BCUT2D eigenvalue weighted by molar-refractivity contribution is 0.0591. The van der Waals surface area contributed by atoms with Crippen LogP contribution in [-0.2, 0) is 4.74 Å². The summed E-state index contributed by atoms with van der Waals surface area (Å²) >= 11 is 3.28. The molecule has 0 aliphatic rings. The summed E-state index contributed by atoms with van der Waals surface area (Å²) in [5.41, 5.74) is 0. The van der Waals surface area contributed by atoms with Crippen molar-refractivity contribution in [2.24, 2.45) is 0 Å². The van der Waals surface area contributed by atoms with E-state index in [2.05, 4.69) is 15.9 Å². The number of alkyl halides is 1. The lowest BCUT2D eigenvalue weighted by Gasteiger charge is -2.06. The largest absolute Gasteiger partial charge is 0.391 e. The molecular formula is C6H13BrO2. The van der Waals surface area contributed by atoms with Gasteiger partial charge in [0, 0.05) is 12.4 Å². The Morgan fingerprint density at radius 1 is 1.67 bits per heavy atom. The van der Waals surface area contributed by atoms with Crippen LogP contribution in [0, 0.1) is 0 Å². The summed E-state index contributed by atoms with van der Waals surface area (Å²) in [7, 11) is 1.59. The normalized spacial score (nSPS) is 13.7. The first-order valence-electron chi connectivity index (χ1n) is 3.04. The second-order valence-electron chi connectivity index (χ2n) is 1.94. The number of hydrogen-bond donors (Lipinski definition) is 1. The number of halogens is 1. The Balaban J connectivity index is 2.95. The predicted molar refractivity (Wildman–Crippen MR) is 40.9 cm³/mol. The van der Waals surface area contributed by atoms with E-state index in [1.165, 1.54) is 0 Å². The van der Waals surface area contributed by atoms with Gasteiger partial charge in [-0.1, -0.05) is 15.9 Å². The fraction of sp³-hybridized carbons (Fsp3) is 1.00. The van der Waals surface area contributed by atoms with Crippen LogP contribution in [0.15, 0.2) is 0 Å². The first-order chi connectivity index (χ1) is 4.31. The van der Waals surface area contributed by atoms with E-state index in [0.29, 0.717) is 6.61 Å². The minimum atomic E-state index is -0.285. The van der Waals surface area contributed by atoms with Crippen LogP contribution in [0.25, 0.3) is 0 Å². The number of aliphatic hydroxyl groups is 1. The summed E-state index contributed by atoms with van der Waals surface area (Å²) in [6.07, 6.45) is 1.54. The highest BCUT2D eigenvalue weighted by atomic mass is 79.9. The van der Waals surface area contributed by atoms with Crippen molar-refractivity contribution in [2.45, 2.75) is 18.9 Å². The van der Waals surface area contributed by atoms with Crippen LogP contribution in [0.4, 0.5) is 0 Å². The van der Waals surface area contributed by atoms with Crippen LogP contribution < -0.4 is 0 Å². The topological polar surface area (TPSA) is 29.5 Å². The summed E-state index contributed by atoms with van der Waals surface area (Å²) in [4.78, 5) is 0. The molecule has 2 nitrogen and oxygen atoms in total. The highest BCUT2D eigenvalue weighted by molar-refractivity contribution is 9.09. The molecule has 0 spiro atoms. The maximum Gasteiger partial charge on any atom is 0.0773 e. The molecule has 0 rings (SSSR count). The van der Waals surface area contributed by atoms with Gasteiger partial charge in [-0.15, -0.1) is 0 Å². The van der Waals surface area contributed by atoms with E-state index in [9.17, 15) is 0 Å². The van der Waals surface area contributed by atoms with Gasteiger partial charge in [0.15, 0.2) is 0 Å². The lowest BCUT2D eigenvalue weighted by atomic mass is 10.2. The van der Waals surface area contributed by atoms with Crippen LogP contribution >= 0.6 is 15.9 Å². The van der Waals surface area contributed by atoms with E-state index in [-0.39, 0.29) is 6.10 Å². The van der Waals surface area contributed by atoms with Crippen molar-refractivity contribution in [3.05, 3.63) is 0 Å². The number of aliphatic hydroxyl groups excluding tert-OH is 1. The Labute approximate surface area is 64.3 Å². The Bertz CT molecular complexity index is 59.0. The number of methoxy groups -OCH3 is 1. The maximum atomic E-state index is 9.03. The highest BCUT2D eigenvalue weighted by Crippen LogP contribution is 1.99. The number of rotatable bonds is 5. The van der Waals surface area contributed by atoms with Gasteiger partial charge in [-0.25, -0.2) is 0 Å². The number of ether oxygens (including phenoxy) is 1. The van der Waals surface area contributed by atoms with Gasteiger partial charge in [-0.05, 0) is 12.8 Å². The molecule has 1 N–H and O–H groups in total. The van der Waals surface area contributed by atoms with Crippen molar-refractivity contribution in [1.29, 1.82) is 0 Å². The van der Waals surface area contributed by atoms with E-state index < -0.39 is 0 Å². The molecular weight excluding hydrogens is 184 g/mol. The standard InChI is InChI=1S/C6H13BrO2/c1-9-5-6(8)3-2-4-7/h6,8H,2-5H2,1H3. The lowest BCUT2D eigenvalue weighted by Crippen LogP contribution is -2.13. The summed E-state index contributed by atoms with van der Waals surface area (Å²) in [6.45, 7) is 0.451. The predicted octanol–water partition coefficient (Wildman–Crippen LogP) is 1.17. The van der Waals surface area contributed by atoms with Crippen molar-refractivity contribution in [1.82, 2.24) is 0 Å². The molecule has 0 fully saturated rings. The van der Waals surface area contributed by atoms with Crippen LogP contribution in [0.1, 0.15) is 12.8 Å². The van der Waals surface area contributed by atoms with Crippen molar-refractivity contribution < 1.29 is 9.84 Å². The molecule has 3 heteroatoms. The first kappa shape index (κ1) is 9.40. The Morgan fingerprint density at radius 2 is 2.33 bits per heavy atom. The first-order valence-corrected chi connectivity index (χ1v) is 4.16. The smallest absolute Gasteiger partial charge is 0.0773 e. The molecule has 1 atom stereocenters. The highest BCUT2D eigenvalue weighted by Gasteiger charge is 2.00. The summed E-state index contributed by atoms with van der Waals surface area (Å²) in [6, 6.07) is 0. The average Bonchev–Trinajstić information content (AvgIpc) is 1.85. The van der Waals surface area contributed by atoms with Crippen LogP contribution in [0.2, 0.25) is 0 Å².